The lowest BCUT2D eigenvalue weighted by Crippen LogP contribution is -2.31. The molecular weight excluding hydrogens is 430 g/mol. The Morgan fingerprint density at radius 1 is 1.18 bits per heavy atom. The minimum absolute atomic E-state index is 0.0619. The van der Waals surface area contributed by atoms with Crippen LogP contribution < -0.4 is 10.3 Å². The van der Waals surface area contributed by atoms with Crippen LogP contribution in [-0.2, 0) is 12.0 Å². The van der Waals surface area contributed by atoms with E-state index in [1.807, 2.05) is 49.1 Å². The Bertz CT molecular complexity index is 1150. The van der Waals surface area contributed by atoms with Gasteiger partial charge in [0.15, 0.2) is 0 Å². The van der Waals surface area contributed by atoms with Crippen LogP contribution >= 0.6 is 11.6 Å². The van der Waals surface area contributed by atoms with Gasteiger partial charge in [0.2, 0.25) is 0 Å². The summed E-state index contributed by atoms with van der Waals surface area (Å²) in [5, 5.41) is 0.678. The van der Waals surface area contributed by atoms with Gasteiger partial charge in [-0.1, -0.05) is 65.8 Å². The second kappa shape index (κ2) is 10.4. The van der Waals surface area contributed by atoms with Crippen molar-refractivity contribution in [2.45, 2.75) is 72.3 Å². The van der Waals surface area contributed by atoms with Crippen molar-refractivity contribution >= 4 is 28.3 Å². The number of anilines is 1. The fourth-order valence-corrected chi connectivity index (χ4v) is 4.90. The van der Waals surface area contributed by atoms with Gasteiger partial charge in [-0.15, -0.1) is 0 Å². The first-order valence-electron chi connectivity index (χ1n) is 12.0. The van der Waals surface area contributed by atoms with Gasteiger partial charge in [0.25, 0.3) is 0 Å². The maximum atomic E-state index is 6.30. The first-order valence-corrected chi connectivity index (χ1v) is 12.4. The Morgan fingerprint density at radius 2 is 1.94 bits per heavy atom. The Morgan fingerprint density at radius 3 is 2.61 bits per heavy atom. The number of halogens is 1. The molecule has 176 valence electrons. The summed E-state index contributed by atoms with van der Waals surface area (Å²) in [5.74, 6) is 0.881. The molecule has 4 rings (SSSR count). The summed E-state index contributed by atoms with van der Waals surface area (Å²) in [6.45, 7) is 19.8. The van der Waals surface area contributed by atoms with Crippen molar-refractivity contribution in [1.29, 1.82) is 0 Å². The minimum Gasteiger partial charge on any atom is -0.336 e. The third kappa shape index (κ3) is 4.39. The third-order valence-electron chi connectivity index (χ3n) is 6.45. The molecule has 0 bridgehead atoms. The highest BCUT2D eigenvalue weighted by molar-refractivity contribution is 6.31. The second-order valence-corrected chi connectivity index (χ2v) is 8.61. The summed E-state index contributed by atoms with van der Waals surface area (Å²) in [7, 11) is 0. The number of rotatable bonds is 8. The molecule has 1 unspecified atom stereocenters. The summed E-state index contributed by atoms with van der Waals surface area (Å²) in [6, 6.07) is 7.91. The van der Waals surface area contributed by atoms with Gasteiger partial charge in [-0.25, -0.2) is 9.66 Å². The number of allylic oxidation sites excluding steroid dienone is 2. The fraction of sp³-hybridized carbons (Fsp3) is 0.407. The topological polar surface area (TPSA) is 46.0 Å². The van der Waals surface area contributed by atoms with Crippen LogP contribution in [0.2, 0.25) is 5.02 Å². The molecule has 1 aliphatic rings. The van der Waals surface area contributed by atoms with Crippen molar-refractivity contribution in [2.75, 3.05) is 10.3 Å². The molecule has 0 spiro atoms. The van der Waals surface area contributed by atoms with Gasteiger partial charge < -0.3 is 4.90 Å². The molecule has 0 saturated heterocycles. The van der Waals surface area contributed by atoms with E-state index < -0.39 is 0 Å². The quantitative estimate of drug-likeness (QED) is 0.372. The maximum absolute atomic E-state index is 6.30. The van der Waals surface area contributed by atoms with Gasteiger partial charge >= 0.3 is 0 Å². The molecule has 3 aromatic rings. The van der Waals surface area contributed by atoms with Crippen LogP contribution in [0.15, 0.2) is 61.2 Å². The van der Waals surface area contributed by atoms with Gasteiger partial charge in [-0.05, 0) is 49.1 Å². The van der Waals surface area contributed by atoms with Crippen molar-refractivity contribution in [1.82, 2.24) is 14.6 Å². The highest BCUT2D eigenvalue weighted by Gasteiger charge is 2.44. The number of aromatic nitrogens is 3. The second-order valence-electron chi connectivity index (χ2n) is 8.18. The molecule has 3 heterocycles. The van der Waals surface area contributed by atoms with Crippen LogP contribution in [0.5, 0.6) is 0 Å². The summed E-state index contributed by atoms with van der Waals surface area (Å²) < 4.78 is 2.00. The predicted octanol–water partition coefficient (Wildman–Crippen LogP) is 7.56. The van der Waals surface area contributed by atoms with E-state index in [2.05, 4.69) is 55.3 Å². The summed E-state index contributed by atoms with van der Waals surface area (Å²) in [5.41, 5.74) is 9.64. The number of hydrogen-bond acceptors (Lipinski definition) is 4. The standard InChI is InChI=1S/C25H30ClN5.C2H6/c1-6-12-25(8-3)18(5)30(23-15-27-13-11-20(23)25)16-24-28-21-10-9-19(26)14-22(21)31(24)29-17(4)7-2;1-2/h9-11,13-15,29H,4-8,12,16H2,1-3H3;1-2H3. The fourth-order valence-electron chi connectivity index (χ4n) is 4.73. The Balaban J connectivity index is 0.00000149. The number of pyridine rings is 1. The van der Waals surface area contributed by atoms with E-state index >= 15 is 0 Å². The molecule has 0 fully saturated rings. The summed E-state index contributed by atoms with van der Waals surface area (Å²) >= 11 is 6.30. The lowest BCUT2D eigenvalue weighted by molar-refractivity contribution is 0.448. The highest BCUT2D eigenvalue weighted by Crippen LogP contribution is 2.52. The number of fused-ring (bicyclic) bond motifs is 2. The predicted molar refractivity (Wildman–Crippen MR) is 141 cm³/mol. The van der Waals surface area contributed by atoms with Crippen LogP contribution in [0.1, 0.15) is 71.7 Å². The molecule has 6 heteroatoms. The largest absolute Gasteiger partial charge is 0.336 e. The molecule has 2 aromatic heterocycles. The number of nitrogens with one attached hydrogen (secondary N) is 1. The molecule has 0 saturated carbocycles. The summed E-state index contributed by atoms with van der Waals surface area (Å²) in [4.78, 5) is 11.6. The molecule has 33 heavy (non-hydrogen) atoms. The maximum Gasteiger partial charge on any atom is 0.148 e. The zero-order valence-corrected chi connectivity index (χ0v) is 21.3. The van der Waals surface area contributed by atoms with Gasteiger partial charge in [-0.3, -0.25) is 10.4 Å². The third-order valence-corrected chi connectivity index (χ3v) is 6.68. The zero-order chi connectivity index (χ0) is 24.2. The number of imidazole rings is 1. The van der Waals surface area contributed by atoms with E-state index in [-0.39, 0.29) is 5.41 Å². The van der Waals surface area contributed by atoms with Crippen molar-refractivity contribution in [2.24, 2.45) is 0 Å². The van der Waals surface area contributed by atoms with Crippen molar-refractivity contribution < 1.29 is 0 Å². The summed E-state index contributed by atoms with van der Waals surface area (Å²) in [6.07, 6.45) is 7.82. The molecular formula is C27H36ClN5. The van der Waals surface area contributed by atoms with Gasteiger partial charge in [0, 0.05) is 28.0 Å². The molecule has 1 N–H and O–H groups in total. The molecule has 0 radical (unpaired) electrons. The van der Waals surface area contributed by atoms with E-state index in [0.717, 1.165) is 59.6 Å². The average molecular weight is 466 g/mol. The van der Waals surface area contributed by atoms with Gasteiger partial charge in [0.1, 0.15) is 5.82 Å². The van der Waals surface area contributed by atoms with Gasteiger partial charge in [0.05, 0.1) is 29.5 Å². The molecule has 1 atom stereocenters. The molecule has 0 amide bonds. The van der Waals surface area contributed by atoms with Crippen LogP contribution in [0, 0.1) is 0 Å². The van der Waals surface area contributed by atoms with E-state index in [0.29, 0.717) is 11.6 Å². The smallest absolute Gasteiger partial charge is 0.148 e. The van der Waals surface area contributed by atoms with E-state index in [4.69, 9.17) is 16.6 Å². The van der Waals surface area contributed by atoms with E-state index in [1.54, 1.807) is 0 Å². The number of benzene rings is 1. The highest BCUT2D eigenvalue weighted by atomic mass is 35.5. The number of nitrogens with zero attached hydrogens (tertiary/aromatic N) is 4. The Labute approximate surface area is 203 Å². The first kappa shape index (κ1) is 24.8. The average Bonchev–Trinajstić information content (AvgIpc) is 3.28. The molecule has 5 nitrogen and oxygen atoms in total. The van der Waals surface area contributed by atoms with Gasteiger partial charge in [-0.2, -0.15) is 0 Å². The molecule has 0 aliphatic carbocycles. The normalized spacial score (nSPS) is 17.0. The van der Waals surface area contributed by atoms with E-state index in [1.165, 1.54) is 5.56 Å². The van der Waals surface area contributed by atoms with Crippen LogP contribution in [0.4, 0.5) is 5.69 Å². The minimum atomic E-state index is -0.0619. The van der Waals surface area contributed by atoms with Crippen LogP contribution in [0.25, 0.3) is 11.0 Å². The Hall–Kier alpha value is -2.79. The Kier molecular flexibility index (Phi) is 7.85. The zero-order valence-electron chi connectivity index (χ0n) is 20.6. The van der Waals surface area contributed by atoms with Crippen molar-refractivity contribution in [3.8, 4) is 0 Å². The van der Waals surface area contributed by atoms with Crippen LogP contribution in [-0.4, -0.2) is 14.6 Å². The first-order chi connectivity index (χ1) is 15.9. The van der Waals surface area contributed by atoms with E-state index in [9.17, 15) is 0 Å². The monoisotopic (exact) mass is 465 g/mol. The van der Waals surface area contributed by atoms with Crippen LogP contribution in [0.3, 0.4) is 0 Å². The lowest BCUT2D eigenvalue weighted by Gasteiger charge is -2.32. The lowest BCUT2D eigenvalue weighted by atomic mass is 9.74. The molecule has 1 aromatic carbocycles. The SMILES string of the molecule is C=C(CC)Nn1c(CN2C(=C)C(CC)(CCC)c3ccncc32)nc2ccc(Cl)cc21.CC. The van der Waals surface area contributed by atoms with Crippen molar-refractivity contribution in [3.63, 3.8) is 0 Å². The molecule has 1 aliphatic heterocycles. The number of hydrogen-bond donors (Lipinski definition) is 1. The van der Waals surface area contributed by atoms with Crippen molar-refractivity contribution in [3.05, 3.63) is 77.6 Å².